The number of nitrogens with one attached hydrogen (secondary N) is 1. The first-order valence-electron chi connectivity index (χ1n) is 31.9. The number of hydrogen-bond donors (Lipinski definition) is 6. The van der Waals surface area contributed by atoms with Crippen LogP contribution in [0.3, 0.4) is 0 Å². The van der Waals surface area contributed by atoms with E-state index in [9.17, 15) is 27.5 Å². The Morgan fingerprint density at radius 3 is 1.12 bits per heavy atom. The summed E-state index contributed by atoms with van der Waals surface area (Å²) < 4.78 is 92.5. The highest BCUT2D eigenvalue weighted by atomic mass is 19.1. The molecule has 0 radical (unpaired) electrons. The molecule has 0 saturated heterocycles. The summed E-state index contributed by atoms with van der Waals surface area (Å²) in [5.41, 5.74) is 30.6. The Labute approximate surface area is 596 Å². The molecule has 11 aromatic heterocycles. The molecule has 1 aliphatic rings. The van der Waals surface area contributed by atoms with Gasteiger partial charge in [-0.05, 0) is 68.3 Å². The normalized spacial score (nSPS) is 11.9. The second-order valence-corrected chi connectivity index (χ2v) is 23.6. The Balaban J connectivity index is 0.000000126. The number of amidine groups is 1. The van der Waals surface area contributed by atoms with Crippen LogP contribution in [0.4, 0.5) is 35.0 Å². The molecular weight excluding hydrogens is 1380 g/mol. The number of nitrogen functional groups attached to an aromatic ring is 4. The predicted octanol–water partition coefficient (Wildman–Crippen LogP) is 10.7. The van der Waals surface area contributed by atoms with Crippen LogP contribution in [0.5, 0.6) is 17.2 Å². The summed E-state index contributed by atoms with van der Waals surface area (Å²) in [6.07, 6.45) is 11.4. The number of rotatable bonds is 19. The van der Waals surface area contributed by atoms with Crippen LogP contribution in [0.1, 0.15) is 47.7 Å². The lowest BCUT2D eigenvalue weighted by molar-refractivity contribution is -0.139. The van der Waals surface area contributed by atoms with E-state index in [2.05, 4.69) is 70.9 Å². The Hall–Kier alpha value is -14.5. The van der Waals surface area contributed by atoms with Crippen LogP contribution >= 0.6 is 0 Å². The van der Waals surface area contributed by atoms with Crippen LogP contribution in [-0.4, -0.2) is 114 Å². The van der Waals surface area contributed by atoms with E-state index in [4.69, 9.17) is 55.9 Å². The van der Waals surface area contributed by atoms with Gasteiger partial charge < -0.3 is 55.6 Å². The average molecular weight is 1440 g/mol. The van der Waals surface area contributed by atoms with E-state index in [-0.39, 0.29) is 102 Å². The van der Waals surface area contributed by atoms with E-state index in [1.54, 1.807) is 140 Å². The van der Waals surface area contributed by atoms with Crippen LogP contribution in [0.2, 0.25) is 0 Å². The summed E-state index contributed by atoms with van der Waals surface area (Å²) in [6.45, 7) is 2.61. The number of halogens is 4. The minimum absolute atomic E-state index is 0.0271. The third-order valence-electron chi connectivity index (χ3n) is 16.3. The zero-order valence-corrected chi connectivity index (χ0v) is 55.8. The number of nitrogens with two attached hydrogens (primary N) is 4. The molecule has 11 heterocycles. The molecule has 1 saturated carbocycles. The monoisotopic (exact) mass is 1440 g/mol. The van der Waals surface area contributed by atoms with Crippen molar-refractivity contribution in [2.45, 2.75) is 45.9 Å². The number of methoxy groups -OCH3 is 1. The van der Waals surface area contributed by atoms with Crippen molar-refractivity contribution in [3.63, 3.8) is 0 Å². The number of nitrogens with zero attached hydrogens (tertiary/aromatic N) is 18. The number of carbonyl (C=O) groups excluding carboxylic acids is 1. The van der Waals surface area contributed by atoms with Gasteiger partial charge in [0.1, 0.15) is 99.7 Å². The molecule has 1 fully saturated rings. The maximum atomic E-state index is 14.2. The fourth-order valence-corrected chi connectivity index (χ4v) is 10.3. The molecule has 0 bridgehead atoms. The van der Waals surface area contributed by atoms with Gasteiger partial charge in [-0.2, -0.15) is 20.4 Å². The highest BCUT2D eigenvalue weighted by molar-refractivity contribution is 5.94. The zero-order chi connectivity index (χ0) is 74.0. The number of anilines is 3. The Bertz CT molecular complexity index is 5570. The molecule has 534 valence electrons. The molecule has 106 heavy (non-hydrogen) atoms. The second-order valence-electron chi connectivity index (χ2n) is 23.6. The summed E-state index contributed by atoms with van der Waals surface area (Å²) >= 11 is 0. The van der Waals surface area contributed by atoms with Gasteiger partial charge >= 0.3 is 5.97 Å². The van der Waals surface area contributed by atoms with Crippen molar-refractivity contribution < 1.29 is 55.0 Å². The molecule has 0 atom stereocenters. The van der Waals surface area contributed by atoms with Crippen molar-refractivity contribution in [1.29, 1.82) is 5.41 Å². The number of ether oxygens (including phenoxy) is 2. The Kier molecular flexibility index (Phi) is 20.3. The van der Waals surface area contributed by atoms with Crippen molar-refractivity contribution in [2.24, 2.45) is 11.1 Å². The summed E-state index contributed by atoms with van der Waals surface area (Å²) in [5, 5.41) is 50.3. The van der Waals surface area contributed by atoms with E-state index < -0.39 is 5.41 Å². The smallest absolute Gasteiger partial charge is 0.317 e. The van der Waals surface area contributed by atoms with Gasteiger partial charge in [0, 0.05) is 46.5 Å². The van der Waals surface area contributed by atoms with Gasteiger partial charge in [-0.25, -0.2) is 47.5 Å². The lowest BCUT2D eigenvalue weighted by atomic mass is 10.1. The maximum absolute atomic E-state index is 14.2. The molecule has 0 aliphatic heterocycles. The van der Waals surface area contributed by atoms with Gasteiger partial charge in [0.2, 0.25) is 0 Å². The van der Waals surface area contributed by atoms with E-state index in [1.807, 2.05) is 6.92 Å². The number of benzene rings is 4. The zero-order valence-electron chi connectivity index (χ0n) is 55.8. The van der Waals surface area contributed by atoms with Crippen LogP contribution in [0, 0.1) is 34.1 Å². The van der Waals surface area contributed by atoms with E-state index in [1.165, 1.54) is 75.0 Å². The average Bonchev–Trinajstić information content (AvgIpc) is 1.67. The van der Waals surface area contributed by atoms with Gasteiger partial charge in [0.15, 0.2) is 52.2 Å². The molecule has 1 aliphatic carbocycles. The lowest BCUT2D eigenvalue weighted by Crippen LogP contribution is -2.19. The predicted molar refractivity (Wildman–Crippen MR) is 371 cm³/mol. The van der Waals surface area contributed by atoms with Crippen LogP contribution in [0.15, 0.2) is 207 Å². The van der Waals surface area contributed by atoms with Gasteiger partial charge in [0.25, 0.3) is 0 Å². The maximum Gasteiger partial charge on any atom is 0.317 e. The van der Waals surface area contributed by atoms with Crippen molar-refractivity contribution in [2.75, 3.05) is 24.3 Å². The fourth-order valence-electron chi connectivity index (χ4n) is 10.3. The molecule has 10 N–H and O–H groups in total. The highest BCUT2D eigenvalue weighted by Gasteiger charge is 2.47. The Morgan fingerprint density at radius 1 is 0.481 bits per heavy atom. The number of aromatic hydroxyl groups is 1. The van der Waals surface area contributed by atoms with E-state index in [0.29, 0.717) is 102 Å². The minimum Gasteiger partial charge on any atom is -0.503 e. The van der Waals surface area contributed by atoms with Gasteiger partial charge in [-0.1, -0.05) is 93.4 Å². The van der Waals surface area contributed by atoms with Gasteiger partial charge in [0.05, 0.1) is 80.1 Å². The molecule has 0 unspecified atom stereocenters. The van der Waals surface area contributed by atoms with Crippen molar-refractivity contribution in [3.8, 4) is 97.4 Å². The second kappa shape index (κ2) is 30.7. The number of hydrogen-bond acceptors (Lipinski definition) is 26. The minimum atomic E-state index is -0.455. The summed E-state index contributed by atoms with van der Waals surface area (Å²) in [5.74, 6) is -0.571. The first-order valence-corrected chi connectivity index (χ1v) is 31.9. The lowest BCUT2D eigenvalue weighted by Gasteiger charge is -2.10. The van der Waals surface area contributed by atoms with Gasteiger partial charge in [-0.15, -0.1) is 0 Å². The summed E-state index contributed by atoms with van der Waals surface area (Å²) in [6, 6.07) is 39.4. The van der Waals surface area contributed by atoms with Crippen LogP contribution < -0.4 is 32.4 Å². The van der Waals surface area contributed by atoms with Gasteiger partial charge in [-0.3, -0.25) is 28.9 Å². The molecular formula is C71H59F4N23O8. The third kappa shape index (κ3) is 16.0. The van der Waals surface area contributed by atoms with Crippen molar-refractivity contribution in [1.82, 2.24) is 89.7 Å². The molecule has 16 rings (SSSR count). The van der Waals surface area contributed by atoms with E-state index >= 15 is 0 Å². The summed E-state index contributed by atoms with van der Waals surface area (Å²) in [4.78, 5) is 37.2. The SMILES string of the molecule is CC1(C(=O)Oc2cnc(-c3cc(-c4ccon4)n(Cc4ccccc4F)n3)nc2N)CC1.COc1cnc(-c2cc(-c3ccon3)n(Cc3ccccc3F)n2)nc1N.N=C(N)c1cc(-c2ccon2)n(Cc2ccccc2F)n1.Nc1nc(-c2cc(-c3ccon3)n(Cc3ccccc3F)n2)ncc1O. The van der Waals surface area contributed by atoms with Crippen LogP contribution in [-0.2, 0) is 31.0 Å². The molecule has 31 nitrogen and oxygen atoms in total. The van der Waals surface area contributed by atoms with Crippen molar-refractivity contribution >= 4 is 29.3 Å². The Morgan fingerprint density at radius 2 is 0.811 bits per heavy atom. The molecule has 0 spiro atoms. The quantitative estimate of drug-likeness (QED) is 0.0189. The molecule has 0 amide bonds. The number of esters is 1. The topological polar surface area (TPSA) is 436 Å². The molecule has 4 aromatic carbocycles. The molecule has 35 heteroatoms. The fraction of sp³-hybridized carbons (Fsp3) is 0.127. The standard InChI is InChI=1S/C22H19FN6O3.C18H15FN6O2.C17H13FN6O2.C14H12FN5O/c1-22(7-8-22)21(30)32-18-11-25-20(26-19(18)24)16-10-17(15-6-9-31-28-15)29(27-16)12-13-4-2-3-5-14(13)23;1-26-16-9-21-18(22-17(16)20)14-8-15(13-6-7-27-24-13)25(23-14)10-11-4-2-3-5-12(11)19;18-11-4-2-1-3-10(11)9-24-14(12-5-6-26-23-12)7-13(22-24)17-20-8-15(25)16(19)21-17;15-10-4-2-1-3-9(10)8-20-13(11-5-6-21-19-11)7-12(18-20)14(16)17/h2-6,9-11H,7-8,12H2,1H3,(H2,24,25,26);2-9H,10H2,1H3,(H2,20,21,22);1-8,25H,9H2,(H2,19,20,21);1-7H,8H2,(H3,16,17). The molecule has 15 aromatic rings. The van der Waals surface area contributed by atoms with E-state index in [0.717, 1.165) is 12.8 Å². The number of aromatic nitrogens is 18. The third-order valence-corrected chi connectivity index (χ3v) is 16.3. The first-order chi connectivity index (χ1) is 51.3. The first kappa shape index (κ1) is 69.9. The largest absolute Gasteiger partial charge is 0.503 e. The van der Waals surface area contributed by atoms with Crippen molar-refractivity contribution in [3.05, 3.63) is 240 Å². The summed E-state index contributed by atoms with van der Waals surface area (Å²) in [7, 11) is 1.49. The van der Waals surface area contributed by atoms with Crippen LogP contribution in [0.25, 0.3) is 80.1 Å². The number of carbonyl (C=O) groups is 1. The highest BCUT2D eigenvalue weighted by Crippen LogP contribution is 2.46.